The standard InChI is InChI=1S/C12H17NO5/c1-13(2,3)8-12(17,7-10(14)15)11(16)9-5-4-6-18-9/h4-6,17H,7-8H2,1-3H3/p+1. The highest BCUT2D eigenvalue weighted by Crippen LogP contribution is 2.21. The molecule has 1 atom stereocenters. The van der Waals surface area contributed by atoms with Crippen LogP contribution in [0.2, 0.25) is 0 Å². The number of carbonyl (C=O) groups excluding carboxylic acids is 1. The minimum absolute atomic E-state index is 0.0150. The zero-order valence-corrected chi connectivity index (χ0v) is 10.7. The molecule has 0 saturated heterocycles. The smallest absolute Gasteiger partial charge is 0.307 e. The summed E-state index contributed by atoms with van der Waals surface area (Å²) in [4.78, 5) is 22.9. The van der Waals surface area contributed by atoms with Gasteiger partial charge in [0.1, 0.15) is 6.54 Å². The number of rotatable bonds is 6. The summed E-state index contributed by atoms with van der Waals surface area (Å²) in [6.45, 7) is -0.0150. The number of hydrogen-bond acceptors (Lipinski definition) is 4. The van der Waals surface area contributed by atoms with Gasteiger partial charge in [-0.3, -0.25) is 9.59 Å². The van der Waals surface area contributed by atoms with Crippen molar-refractivity contribution in [2.24, 2.45) is 0 Å². The maximum absolute atomic E-state index is 12.1. The van der Waals surface area contributed by atoms with Crippen molar-refractivity contribution in [1.29, 1.82) is 0 Å². The van der Waals surface area contributed by atoms with E-state index in [2.05, 4.69) is 0 Å². The summed E-state index contributed by atoms with van der Waals surface area (Å²) in [5, 5.41) is 19.2. The van der Waals surface area contributed by atoms with Gasteiger partial charge in [-0.2, -0.15) is 0 Å². The molecule has 1 aromatic rings. The van der Waals surface area contributed by atoms with E-state index < -0.39 is 23.8 Å². The number of likely N-dealkylation sites (N-methyl/N-ethyl adjacent to an activating group) is 1. The highest BCUT2D eigenvalue weighted by Gasteiger charge is 2.44. The van der Waals surface area contributed by atoms with Crippen LogP contribution in [0, 0.1) is 0 Å². The summed E-state index contributed by atoms with van der Waals surface area (Å²) < 4.78 is 5.19. The Balaban J connectivity index is 3.04. The number of hydrogen-bond donors (Lipinski definition) is 2. The Kier molecular flexibility index (Phi) is 3.93. The van der Waals surface area contributed by atoms with Crippen LogP contribution in [0.1, 0.15) is 17.0 Å². The Bertz CT molecular complexity index is 432. The van der Waals surface area contributed by atoms with Crippen LogP contribution in [0.3, 0.4) is 0 Å². The average molecular weight is 256 g/mol. The highest BCUT2D eigenvalue weighted by atomic mass is 16.4. The Morgan fingerprint density at radius 3 is 2.39 bits per heavy atom. The number of carboxylic acids is 1. The third kappa shape index (κ3) is 3.68. The maximum atomic E-state index is 12.1. The third-order valence-corrected chi connectivity index (χ3v) is 2.35. The average Bonchev–Trinajstić information content (AvgIpc) is 2.64. The number of ketones is 1. The van der Waals surface area contributed by atoms with Gasteiger partial charge in [-0.25, -0.2) is 0 Å². The lowest BCUT2D eigenvalue weighted by molar-refractivity contribution is -0.875. The molecular formula is C12H18NO5+. The van der Waals surface area contributed by atoms with Gasteiger partial charge in [0.25, 0.3) is 0 Å². The Labute approximate surface area is 105 Å². The lowest BCUT2D eigenvalue weighted by Crippen LogP contribution is -2.54. The molecular weight excluding hydrogens is 238 g/mol. The van der Waals surface area contributed by atoms with E-state index in [1.807, 2.05) is 0 Å². The van der Waals surface area contributed by atoms with Crippen LogP contribution in [-0.2, 0) is 4.79 Å². The Morgan fingerprint density at radius 2 is 2.00 bits per heavy atom. The van der Waals surface area contributed by atoms with Crippen molar-refractivity contribution in [1.82, 2.24) is 0 Å². The van der Waals surface area contributed by atoms with Gasteiger partial charge in [-0.1, -0.05) is 0 Å². The minimum atomic E-state index is -1.97. The SMILES string of the molecule is C[N+](C)(C)CC(O)(CC(=O)O)C(=O)c1ccco1. The molecule has 1 heterocycles. The topological polar surface area (TPSA) is 87.7 Å². The number of quaternary nitrogens is 1. The fourth-order valence-corrected chi connectivity index (χ4v) is 1.88. The van der Waals surface area contributed by atoms with Gasteiger partial charge in [0.15, 0.2) is 11.4 Å². The molecule has 0 radical (unpaired) electrons. The predicted molar refractivity (Wildman–Crippen MR) is 63.1 cm³/mol. The van der Waals surface area contributed by atoms with Gasteiger partial charge in [-0.05, 0) is 12.1 Å². The second kappa shape index (κ2) is 4.91. The van der Waals surface area contributed by atoms with Crippen LogP contribution < -0.4 is 0 Å². The molecule has 0 aliphatic heterocycles. The molecule has 6 nitrogen and oxygen atoms in total. The number of Topliss-reactive ketones (excluding diaryl/α,β-unsaturated/α-hetero) is 1. The summed E-state index contributed by atoms with van der Waals surface area (Å²) in [5.41, 5.74) is -1.97. The van der Waals surface area contributed by atoms with Crippen LogP contribution >= 0.6 is 0 Å². The second-order valence-electron chi connectivity index (χ2n) is 5.36. The molecule has 0 fully saturated rings. The van der Waals surface area contributed by atoms with Crippen molar-refractivity contribution in [3.8, 4) is 0 Å². The van der Waals surface area contributed by atoms with Gasteiger partial charge < -0.3 is 19.1 Å². The lowest BCUT2D eigenvalue weighted by Gasteiger charge is -2.33. The summed E-state index contributed by atoms with van der Waals surface area (Å²) in [6.07, 6.45) is 0.655. The van der Waals surface area contributed by atoms with Crippen molar-refractivity contribution in [3.63, 3.8) is 0 Å². The van der Waals surface area contributed by atoms with Gasteiger partial charge in [0.05, 0.1) is 33.8 Å². The molecule has 1 aromatic heterocycles. The summed E-state index contributed by atoms with van der Waals surface area (Å²) in [7, 11) is 5.30. The molecule has 0 spiro atoms. The van der Waals surface area contributed by atoms with Crippen LogP contribution in [-0.4, -0.2) is 59.7 Å². The molecule has 18 heavy (non-hydrogen) atoms. The first kappa shape index (κ1) is 14.4. The fraction of sp³-hybridized carbons (Fsp3) is 0.500. The fourth-order valence-electron chi connectivity index (χ4n) is 1.88. The van der Waals surface area contributed by atoms with Crippen LogP contribution in [0.4, 0.5) is 0 Å². The van der Waals surface area contributed by atoms with E-state index in [1.54, 1.807) is 21.1 Å². The van der Waals surface area contributed by atoms with E-state index in [4.69, 9.17) is 9.52 Å². The first-order chi connectivity index (χ1) is 8.14. The maximum Gasteiger partial charge on any atom is 0.307 e. The van der Waals surface area contributed by atoms with E-state index in [9.17, 15) is 14.7 Å². The molecule has 0 bridgehead atoms. The second-order valence-corrected chi connectivity index (χ2v) is 5.36. The van der Waals surface area contributed by atoms with Crippen molar-refractivity contribution in [2.45, 2.75) is 12.0 Å². The van der Waals surface area contributed by atoms with Crippen molar-refractivity contribution >= 4 is 11.8 Å². The summed E-state index contributed by atoms with van der Waals surface area (Å²) in [6, 6.07) is 2.92. The Hall–Kier alpha value is -1.66. The number of aliphatic carboxylic acids is 1. The normalized spacial score (nSPS) is 15.1. The van der Waals surface area contributed by atoms with E-state index in [0.29, 0.717) is 0 Å². The number of carbonyl (C=O) groups is 2. The van der Waals surface area contributed by atoms with Gasteiger partial charge in [0, 0.05) is 0 Å². The molecule has 0 aliphatic rings. The number of furan rings is 1. The molecule has 0 saturated carbocycles. The quantitative estimate of drug-likeness (QED) is 0.567. The minimum Gasteiger partial charge on any atom is -0.481 e. The van der Waals surface area contributed by atoms with Crippen LogP contribution in [0.25, 0.3) is 0 Å². The van der Waals surface area contributed by atoms with Crippen molar-refractivity contribution in [2.75, 3.05) is 27.7 Å². The van der Waals surface area contributed by atoms with E-state index in [0.717, 1.165) is 0 Å². The zero-order valence-electron chi connectivity index (χ0n) is 10.7. The summed E-state index contributed by atoms with van der Waals surface area (Å²) in [5.74, 6) is -1.97. The molecule has 0 aliphatic carbocycles. The van der Waals surface area contributed by atoms with E-state index >= 15 is 0 Å². The Morgan fingerprint density at radius 1 is 1.39 bits per heavy atom. The first-order valence-electron chi connectivity index (χ1n) is 5.47. The molecule has 1 rings (SSSR count). The molecule has 100 valence electrons. The van der Waals surface area contributed by atoms with Crippen molar-refractivity contribution < 1.29 is 28.7 Å². The molecule has 2 N–H and O–H groups in total. The number of nitrogens with zero attached hydrogens (tertiary/aromatic N) is 1. The predicted octanol–water partition coefficient (Wildman–Crippen LogP) is 0.374. The van der Waals surface area contributed by atoms with Crippen LogP contribution in [0.5, 0.6) is 0 Å². The van der Waals surface area contributed by atoms with Gasteiger partial charge in [-0.15, -0.1) is 0 Å². The van der Waals surface area contributed by atoms with Crippen LogP contribution in [0.15, 0.2) is 22.8 Å². The number of aliphatic hydroxyl groups is 1. The summed E-state index contributed by atoms with van der Waals surface area (Å²) >= 11 is 0. The largest absolute Gasteiger partial charge is 0.481 e. The first-order valence-corrected chi connectivity index (χ1v) is 5.47. The molecule has 1 unspecified atom stereocenters. The lowest BCUT2D eigenvalue weighted by atomic mass is 9.91. The van der Waals surface area contributed by atoms with Gasteiger partial charge in [0.2, 0.25) is 5.78 Å². The van der Waals surface area contributed by atoms with E-state index in [1.165, 1.54) is 18.4 Å². The highest BCUT2D eigenvalue weighted by molar-refractivity contribution is 6.02. The third-order valence-electron chi connectivity index (χ3n) is 2.35. The van der Waals surface area contributed by atoms with Crippen molar-refractivity contribution in [3.05, 3.63) is 24.2 Å². The molecule has 6 heteroatoms. The van der Waals surface area contributed by atoms with Gasteiger partial charge >= 0.3 is 5.97 Å². The van der Waals surface area contributed by atoms with E-state index in [-0.39, 0.29) is 16.8 Å². The number of carboxylic acid groups (broad SMARTS) is 1. The zero-order chi connectivity index (χ0) is 14.0. The monoisotopic (exact) mass is 256 g/mol. The molecule has 0 aromatic carbocycles. The molecule has 0 amide bonds.